The normalized spacial score (nSPS) is 23.5. The van der Waals surface area contributed by atoms with Crippen LogP contribution < -0.4 is 9.47 Å². The van der Waals surface area contributed by atoms with Gasteiger partial charge in [0.25, 0.3) is 0 Å². The molecule has 2 aliphatic heterocycles. The molecule has 168 valence electrons. The number of rotatable bonds is 6. The first-order valence-corrected chi connectivity index (χ1v) is 11.9. The summed E-state index contributed by atoms with van der Waals surface area (Å²) >= 11 is 0. The number of halogens is 2. The first-order chi connectivity index (χ1) is 14.8. The number of likely N-dealkylation sites (tertiary alicyclic amines) is 1. The van der Waals surface area contributed by atoms with Gasteiger partial charge in [0.1, 0.15) is 5.82 Å². The highest BCUT2D eigenvalue weighted by atomic mass is 32.2. The van der Waals surface area contributed by atoms with E-state index in [1.165, 1.54) is 26.4 Å². The van der Waals surface area contributed by atoms with Crippen molar-refractivity contribution in [3.63, 3.8) is 0 Å². The molecule has 2 aliphatic rings. The highest BCUT2D eigenvalue weighted by Crippen LogP contribution is 2.48. The van der Waals surface area contributed by atoms with Crippen LogP contribution in [0.15, 0.2) is 41.3 Å². The van der Waals surface area contributed by atoms with Crippen LogP contribution in [0.2, 0.25) is 0 Å². The number of benzene rings is 2. The van der Waals surface area contributed by atoms with Crippen LogP contribution in [0.1, 0.15) is 30.4 Å². The number of hydrogen-bond donors (Lipinski definition) is 0. The van der Waals surface area contributed by atoms with E-state index in [1.54, 1.807) is 18.2 Å². The van der Waals surface area contributed by atoms with E-state index in [0.717, 1.165) is 0 Å². The third-order valence-electron chi connectivity index (χ3n) is 6.44. The van der Waals surface area contributed by atoms with Crippen LogP contribution >= 0.6 is 0 Å². The van der Waals surface area contributed by atoms with Crippen molar-refractivity contribution in [2.75, 3.05) is 27.3 Å². The molecule has 0 saturated carbocycles. The number of piperidine rings is 1. The summed E-state index contributed by atoms with van der Waals surface area (Å²) in [5.41, 5.74) is 1.07. The Morgan fingerprint density at radius 3 is 2.39 bits per heavy atom. The van der Waals surface area contributed by atoms with Gasteiger partial charge in [0.05, 0.1) is 19.1 Å². The van der Waals surface area contributed by atoms with E-state index < -0.39 is 14.8 Å². The zero-order valence-corrected chi connectivity index (χ0v) is 18.6. The number of alkyl halides is 1. The average Bonchev–Trinajstić information content (AvgIpc) is 2.94. The van der Waals surface area contributed by atoms with Crippen LogP contribution in [0.5, 0.6) is 11.5 Å². The molecule has 0 aliphatic carbocycles. The maximum atomic E-state index is 15.9. The van der Waals surface area contributed by atoms with Crippen molar-refractivity contribution in [1.82, 2.24) is 4.90 Å². The summed E-state index contributed by atoms with van der Waals surface area (Å²) in [5, 5.41) is -2.33. The maximum Gasteiger partial charge on any atom is 0.219 e. The minimum Gasteiger partial charge on any atom is -0.493 e. The van der Waals surface area contributed by atoms with Crippen LogP contribution in [0, 0.1) is 11.7 Å². The highest BCUT2D eigenvalue weighted by Gasteiger charge is 2.53. The third kappa shape index (κ3) is 4.03. The number of ether oxygens (including phenoxy) is 2. The van der Waals surface area contributed by atoms with Gasteiger partial charge in [-0.05, 0) is 56.0 Å². The van der Waals surface area contributed by atoms with Crippen molar-refractivity contribution >= 4 is 9.84 Å². The molecule has 0 spiro atoms. The summed E-state index contributed by atoms with van der Waals surface area (Å²) < 4.78 is 66.4. The molecule has 1 atom stereocenters. The van der Waals surface area contributed by atoms with E-state index in [0.29, 0.717) is 49.4 Å². The second-order valence-corrected chi connectivity index (χ2v) is 10.6. The third-order valence-corrected chi connectivity index (χ3v) is 8.68. The Morgan fingerprint density at radius 2 is 1.74 bits per heavy atom. The quantitative estimate of drug-likeness (QED) is 0.661. The lowest BCUT2D eigenvalue weighted by Gasteiger charge is -2.34. The van der Waals surface area contributed by atoms with Gasteiger partial charge in [0.2, 0.25) is 14.8 Å². The summed E-state index contributed by atoms with van der Waals surface area (Å²) in [4.78, 5) is 2.12. The van der Waals surface area contributed by atoms with Crippen LogP contribution in [0.25, 0.3) is 0 Å². The maximum absolute atomic E-state index is 15.9. The lowest BCUT2D eigenvalue weighted by molar-refractivity contribution is 0.135. The van der Waals surface area contributed by atoms with Crippen molar-refractivity contribution in [2.45, 2.75) is 42.1 Å². The largest absolute Gasteiger partial charge is 0.493 e. The fourth-order valence-electron chi connectivity index (χ4n) is 4.70. The second kappa shape index (κ2) is 8.39. The molecule has 0 N–H and O–H groups in total. The SMILES string of the molecule is COc1cc2c(cc1OC)S(=O)(=O)C(F)(CC1CCN(Cc3ccccc3F)CC1)C2. The summed E-state index contributed by atoms with van der Waals surface area (Å²) in [6.45, 7) is 1.87. The predicted octanol–water partition coefficient (Wildman–Crippen LogP) is 4.14. The topological polar surface area (TPSA) is 55.8 Å². The van der Waals surface area contributed by atoms with Crippen molar-refractivity contribution in [3.05, 3.63) is 53.3 Å². The van der Waals surface area contributed by atoms with E-state index in [9.17, 15) is 12.8 Å². The molecule has 0 aromatic heterocycles. The average molecular weight is 452 g/mol. The van der Waals surface area contributed by atoms with Gasteiger partial charge in [-0.3, -0.25) is 4.90 Å². The van der Waals surface area contributed by atoms with Gasteiger partial charge < -0.3 is 9.47 Å². The molecule has 31 heavy (non-hydrogen) atoms. The lowest BCUT2D eigenvalue weighted by atomic mass is 9.89. The Hall–Kier alpha value is -2.19. The summed E-state index contributed by atoms with van der Waals surface area (Å²) in [6, 6.07) is 9.61. The highest BCUT2D eigenvalue weighted by molar-refractivity contribution is 7.93. The van der Waals surface area contributed by atoms with E-state index in [2.05, 4.69) is 4.90 Å². The van der Waals surface area contributed by atoms with Crippen LogP contribution in [-0.2, 0) is 22.8 Å². The van der Waals surface area contributed by atoms with Crippen molar-refractivity contribution < 1.29 is 26.7 Å². The Kier molecular flexibility index (Phi) is 5.96. The smallest absolute Gasteiger partial charge is 0.219 e. The van der Waals surface area contributed by atoms with Gasteiger partial charge in [0, 0.05) is 24.6 Å². The van der Waals surface area contributed by atoms with Gasteiger partial charge >= 0.3 is 0 Å². The summed E-state index contributed by atoms with van der Waals surface area (Å²) in [7, 11) is -1.25. The van der Waals surface area contributed by atoms with E-state index >= 15 is 4.39 Å². The molecule has 1 unspecified atom stereocenters. The zero-order valence-electron chi connectivity index (χ0n) is 17.7. The molecule has 2 heterocycles. The molecule has 4 rings (SSSR count). The number of hydrogen-bond acceptors (Lipinski definition) is 5. The molecular formula is C23H27F2NO4S. The second-order valence-electron chi connectivity index (χ2n) is 8.39. The minimum atomic E-state index is -4.14. The van der Waals surface area contributed by atoms with Gasteiger partial charge in [-0.25, -0.2) is 17.2 Å². The van der Waals surface area contributed by atoms with Gasteiger partial charge in [-0.2, -0.15) is 0 Å². The minimum absolute atomic E-state index is 0.00959. The van der Waals surface area contributed by atoms with E-state index in [4.69, 9.17) is 9.47 Å². The van der Waals surface area contributed by atoms with Crippen molar-refractivity contribution in [3.8, 4) is 11.5 Å². The number of methoxy groups -OCH3 is 2. The van der Waals surface area contributed by atoms with E-state index in [-0.39, 0.29) is 35.2 Å². The number of sulfone groups is 1. The van der Waals surface area contributed by atoms with Gasteiger partial charge in [-0.1, -0.05) is 18.2 Å². The monoisotopic (exact) mass is 451 g/mol. The fourth-order valence-corrected chi connectivity index (χ4v) is 6.63. The molecule has 2 aromatic rings. The molecule has 0 bridgehead atoms. The standard InChI is InChI=1S/C23H27F2NO4S/c1-29-20-11-18-14-23(25,31(27,28)22(18)12-21(20)30-2)13-16-7-9-26(10-8-16)15-17-5-3-4-6-19(17)24/h3-6,11-12,16H,7-10,13-15H2,1-2H3. The molecular weight excluding hydrogens is 424 g/mol. The lowest BCUT2D eigenvalue weighted by Crippen LogP contribution is -2.39. The molecule has 5 nitrogen and oxygen atoms in total. The molecule has 0 radical (unpaired) electrons. The summed E-state index contributed by atoms with van der Waals surface area (Å²) in [6.07, 6.45) is 1.14. The molecule has 2 aromatic carbocycles. The Morgan fingerprint density at radius 1 is 1.10 bits per heavy atom. The van der Waals surface area contributed by atoms with Crippen LogP contribution in [-0.4, -0.2) is 45.6 Å². The first kappa shape index (κ1) is 22.0. The van der Waals surface area contributed by atoms with Gasteiger partial charge in [-0.15, -0.1) is 0 Å². The van der Waals surface area contributed by atoms with Gasteiger partial charge in [0.15, 0.2) is 11.5 Å². The Balaban J connectivity index is 1.44. The number of nitrogens with zero attached hydrogens (tertiary/aromatic N) is 1. The molecule has 8 heteroatoms. The summed E-state index contributed by atoms with van der Waals surface area (Å²) in [5.74, 6) is 0.389. The molecule has 0 amide bonds. The molecule has 1 fully saturated rings. The number of fused-ring (bicyclic) bond motifs is 1. The fraction of sp³-hybridized carbons (Fsp3) is 0.478. The predicted molar refractivity (Wildman–Crippen MR) is 113 cm³/mol. The Bertz CT molecular complexity index is 1070. The Labute approximate surface area is 181 Å². The van der Waals surface area contributed by atoms with E-state index in [1.807, 2.05) is 6.07 Å². The van der Waals surface area contributed by atoms with Crippen LogP contribution in [0.4, 0.5) is 8.78 Å². The first-order valence-electron chi connectivity index (χ1n) is 10.4. The zero-order chi connectivity index (χ0) is 22.2. The molecule has 1 saturated heterocycles. The van der Waals surface area contributed by atoms with Crippen LogP contribution in [0.3, 0.4) is 0 Å². The van der Waals surface area contributed by atoms with Crippen molar-refractivity contribution in [1.29, 1.82) is 0 Å². The van der Waals surface area contributed by atoms with Crippen molar-refractivity contribution in [2.24, 2.45) is 5.92 Å².